The number of nitrogens with zero attached hydrogens (tertiary/aromatic N) is 1. The van der Waals surface area contributed by atoms with Gasteiger partial charge in [-0.25, -0.2) is 0 Å². The Kier molecular flexibility index (Phi) is 5.04. The van der Waals surface area contributed by atoms with Gasteiger partial charge in [0, 0.05) is 12.0 Å². The first-order valence-corrected chi connectivity index (χ1v) is 9.93. The van der Waals surface area contributed by atoms with E-state index in [4.69, 9.17) is 9.53 Å². The molecular weight excluding hydrogens is 294 g/mol. The molecule has 7 nitrogen and oxygen atoms in total. The highest BCUT2D eigenvalue weighted by Crippen LogP contribution is 2.48. The molecule has 1 aliphatic rings. The topological polar surface area (TPSA) is 98.9 Å². The minimum atomic E-state index is -1.98. The molecule has 21 heavy (non-hydrogen) atoms. The Bertz CT molecular complexity index is 406. The molecule has 1 aliphatic carbocycles. The van der Waals surface area contributed by atoms with E-state index < -0.39 is 30.7 Å². The second-order valence-corrected chi connectivity index (χ2v) is 12.3. The minimum absolute atomic E-state index is 0.0358. The zero-order valence-corrected chi connectivity index (χ0v) is 14.3. The van der Waals surface area contributed by atoms with Crippen molar-refractivity contribution in [3.05, 3.63) is 10.1 Å². The van der Waals surface area contributed by atoms with Gasteiger partial charge in [0.2, 0.25) is 0 Å². The molecule has 1 fully saturated rings. The van der Waals surface area contributed by atoms with Gasteiger partial charge in [-0.1, -0.05) is 20.8 Å². The molecule has 0 saturated heterocycles. The van der Waals surface area contributed by atoms with Crippen molar-refractivity contribution in [2.45, 2.75) is 51.7 Å². The first kappa shape index (κ1) is 17.9. The van der Waals surface area contributed by atoms with E-state index >= 15 is 0 Å². The standard InChI is InChI=1S/C13H25NO6Si/c1-12(2,3)21(4,5)20-9-13(8-19-14(17)18)6-10(7-13)11(15)16/h10H,6-9H2,1-5H3,(H,15,16). The van der Waals surface area contributed by atoms with Crippen molar-refractivity contribution < 1.29 is 24.3 Å². The largest absolute Gasteiger partial charge is 0.481 e. The van der Waals surface area contributed by atoms with Crippen LogP contribution < -0.4 is 0 Å². The van der Waals surface area contributed by atoms with Crippen molar-refractivity contribution in [2.24, 2.45) is 11.3 Å². The van der Waals surface area contributed by atoms with Crippen molar-refractivity contribution in [1.82, 2.24) is 0 Å². The number of aliphatic carboxylic acids is 1. The van der Waals surface area contributed by atoms with Gasteiger partial charge in [-0.15, -0.1) is 10.1 Å². The fraction of sp³-hybridized carbons (Fsp3) is 0.923. The lowest BCUT2D eigenvalue weighted by molar-refractivity contribution is -0.761. The number of carboxylic acid groups (broad SMARTS) is 1. The van der Waals surface area contributed by atoms with Crippen LogP contribution in [0.5, 0.6) is 0 Å². The van der Waals surface area contributed by atoms with E-state index in [1.807, 2.05) is 0 Å². The Morgan fingerprint density at radius 2 is 1.90 bits per heavy atom. The molecule has 1 saturated carbocycles. The Morgan fingerprint density at radius 3 is 2.29 bits per heavy atom. The van der Waals surface area contributed by atoms with Crippen LogP contribution in [0.4, 0.5) is 0 Å². The Labute approximate surface area is 125 Å². The van der Waals surface area contributed by atoms with Gasteiger partial charge in [0.25, 0.3) is 5.09 Å². The Balaban J connectivity index is 2.68. The van der Waals surface area contributed by atoms with Gasteiger partial charge in [-0.2, -0.15) is 0 Å². The summed E-state index contributed by atoms with van der Waals surface area (Å²) in [6, 6.07) is 0. The fourth-order valence-electron chi connectivity index (χ4n) is 2.18. The number of carbonyl (C=O) groups is 1. The lowest BCUT2D eigenvalue weighted by Gasteiger charge is -2.47. The summed E-state index contributed by atoms with van der Waals surface area (Å²) < 4.78 is 6.10. The normalized spacial score (nSPS) is 26.0. The van der Waals surface area contributed by atoms with Gasteiger partial charge < -0.3 is 14.4 Å². The molecular formula is C13H25NO6Si. The Hall–Kier alpha value is -1.15. The molecule has 0 amide bonds. The SMILES string of the molecule is CC(C)(C)[Si](C)(C)OCC1(CO[N+](=O)[O-])CC(C(=O)O)C1. The lowest BCUT2D eigenvalue weighted by atomic mass is 9.63. The summed E-state index contributed by atoms with van der Waals surface area (Å²) in [6.07, 6.45) is 0.732. The van der Waals surface area contributed by atoms with Crippen LogP contribution in [-0.4, -0.2) is 37.7 Å². The maximum atomic E-state index is 11.0. The zero-order valence-electron chi connectivity index (χ0n) is 13.3. The van der Waals surface area contributed by atoms with Crippen molar-refractivity contribution in [3.8, 4) is 0 Å². The highest BCUT2D eigenvalue weighted by Gasteiger charge is 2.50. The van der Waals surface area contributed by atoms with Crippen LogP contribution in [0.3, 0.4) is 0 Å². The molecule has 0 spiro atoms. The smallest absolute Gasteiger partial charge is 0.306 e. The maximum absolute atomic E-state index is 11.0. The maximum Gasteiger partial charge on any atom is 0.306 e. The number of hydrogen-bond donors (Lipinski definition) is 1. The number of hydrogen-bond acceptors (Lipinski definition) is 5. The van der Waals surface area contributed by atoms with E-state index in [0.717, 1.165) is 0 Å². The predicted molar refractivity (Wildman–Crippen MR) is 78.9 cm³/mol. The molecule has 1 N–H and O–H groups in total. The van der Waals surface area contributed by atoms with E-state index in [0.29, 0.717) is 19.4 Å². The molecule has 0 aromatic carbocycles. The molecule has 0 unspecified atom stereocenters. The van der Waals surface area contributed by atoms with E-state index in [9.17, 15) is 14.9 Å². The predicted octanol–water partition coefficient (Wildman–Crippen LogP) is 2.70. The third-order valence-electron chi connectivity index (χ3n) is 4.73. The van der Waals surface area contributed by atoms with Crippen molar-refractivity contribution >= 4 is 14.3 Å². The van der Waals surface area contributed by atoms with E-state index in [1.165, 1.54) is 0 Å². The molecule has 122 valence electrons. The van der Waals surface area contributed by atoms with E-state index in [-0.39, 0.29) is 11.6 Å². The average molecular weight is 319 g/mol. The minimum Gasteiger partial charge on any atom is -0.481 e. The molecule has 0 heterocycles. The van der Waals surface area contributed by atoms with Crippen LogP contribution in [0.15, 0.2) is 0 Å². The van der Waals surface area contributed by atoms with Crippen LogP contribution in [0.25, 0.3) is 0 Å². The first-order valence-electron chi connectivity index (χ1n) is 7.03. The summed E-state index contributed by atoms with van der Waals surface area (Å²) in [6.45, 7) is 10.8. The second kappa shape index (κ2) is 5.92. The van der Waals surface area contributed by atoms with Crippen LogP contribution in [-0.2, 0) is 14.1 Å². The van der Waals surface area contributed by atoms with Gasteiger partial charge >= 0.3 is 5.97 Å². The van der Waals surface area contributed by atoms with E-state index in [1.54, 1.807) is 0 Å². The molecule has 0 aliphatic heterocycles. The van der Waals surface area contributed by atoms with Crippen molar-refractivity contribution in [1.29, 1.82) is 0 Å². The van der Waals surface area contributed by atoms with Gasteiger partial charge in [0.05, 0.1) is 5.92 Å². The monoisotopic (exact) mass is 319 g/mol. The number of carboxylic acids is 1. The summed E-state index contributed by atoms with van der Waals surface area (Å²) in [5.41, 5.74) is -0.550. The summed E-state index contributed by atoms with van der Waals surface area (Å²) in [5.74, 6) is -1.32. The summed E-state index contributed by atoms with van der Waals surface area (Å²) >= 11 is 0. The third-order valence-corrected chi connectivity index (χ3v) is 9.21. The number of rotatable bonds is 7. The molecule has 0 aromatic heterocycles. The fourth-order valence-corrected chi connectivity index (χ4v) is 3.28. The Morgan fingerprint density at radius 1 is 1.38 bits per heavy atom. The highest BCUT2D eigenvalue weighted by atomic mass is 28.4. The molecule has 0 radical (unpaired) electrons. The van der Waals surface area contributed by atoms with Crippen LogP contribution in [0, 0.1) is 21.4 Å². The molecule has 1 rings (SSSR count). The summed E-state index contributed by atoms with van der Waals surface area (Å²) in [7, 11) is -1.98. The molecule has 0 bridgehead atoms. The quantitative estimate of drug-likeness (QED) is 0.440. The van der Waals surface area contributed by atoms with Crippen molar-refractivity contribution in [2.75, 3.05) is 13.2 Å². The van der Waals surface area contributed by atoms with Crippen LogP contribution >= 0.6 is 0 Å². The van der Waals surface area contributed by atoms with Gasteiger partial charge in [-0.3, -0.25) is 4.79 Å². The summed E-state index contributed by atoms with van der Waals surface area (Å²) in [4.78, 5) is 25.9. The van der Waals surface area contributed by atoms with Gasteiger partial charge in [0.1, 0.15) is 6.61 Å². The van der Waals surface area contributed by atoms with Crippen molar-refractivity contribution in [3.63, 3.8) is 0 Å². The summed E-state index contributed by atoms with van der Waals surface area (Å²) in [5, 5.41) is 18.6. The molecule has 0 atom stereocenters. The highest BCUT2D eigenvalue weighted by molar-refractivity contribution is 6.74. The van der Waals surface area contributed by atoms with Crippen LogP contribution in [0.2, 0.25) is 18.1 Å². The zero-order chi connectivity index (χ0) is 16.5. The first-order chi connectivity index (χ1) is 9.39. The van der Waals surface area contributed by atoms with E-state index in [2.05, 4.69) is 38.7 Å². The van der Waals surface area contributed by atoms with Gasteiger partial charge in [0.15, 0.2) is 8.32 Å². The van der Waals surface area contributed by atoms with Gasteiger partial charge in [-0.05, 0) is 31.0 Å². The second-order valence-electron chi connectivity index (χ2n) is 7.49. The third kappa shape index (κ3) is 4.41. The molecule has 8 heteroatoms. The molecule has 0 aromatic rings. The van der Waals surface area contributed by atoms with Crippen LogP contribution in [0.1, 0.15) is 33.6 Å². The average Bonchev–Trinajstić information content (AvgIpc) is 2.24. The lowest BCUT2D eigenvalue weighted by Crippen LogP contribution is -2.51.